The van der Waals surface area contributed by atoms with E-state index in [1.807, 2.05) is 30.3 Å². The van der Waals surface area contributed by atoms with E-state index in [0.717, 1.165) is 5.56 Å². The molecule has 0 saturated heterocycles. The zero-order valence-corrected chi connectivity index (χ0v) is 10.0. The summed E-state index contributed by atoms with van der Waals surface area (Å²) >= 11 is 0. The number of nitrogens with zero attached hydrogens (tertiary/aromatic N) is 1. The van der Waals surface area contributed by atoms with Gasteiger partial charge in [0, 0.05) is 11.6 Å². The summed E-state index contributed by atoms with van der Waals surface area (Å²) in [5.41, 5.74) is 11.2. The van der Waals surface area contributed by atoms with Gasteiger partial charge in [-0.15, -0.1) is 0 Å². The summed E-state index contributed by atoms with van der Waals surface area (Å²) in [6.45, 7) is -0.0702. The molecule has 1 amide bonds. The van der Waals surface area contributed by atoms with Gasteiger partial charge in [0.05, 0.1) is 12.2 Å². The molecule has 0 saturated carbocycles. The van der Waals surface area contributed by atoms with Gasteiger partial charge in [-0.2, -0.15) is 0 Å². The van der Waals surface area contributed by atoms with Crippen molar-refractivity contribution >= 4 is 11.9 Å². The lowest BCUT2D eigenvalue weighted by molar-refractivity contribution is -0.117. The molecule has 2 aromatic rings. The Bertz CT molecular complexity index is 624. The van der Waals surface area contributed by atoms with E-state index in [9.17, 15) is 9.59 Å². The van der Waals surface area contributed by atoms with E-state index >= 15 is 0 Å². The normalized spacial score (nSPS) is 10.1. The quantitative estimate of drug-likeness (QED) is 0.557. The second kappa shape index (κ2) is 5.78. The highest BCUT2D eigenvalue weighted by Gasteiger charge is 2.03. The fourth-order valence-corrected chi connectivity index (χ4v) is 1.49. The number of amides is 1. The first-order valence-corrected chi connectivity index (χ1v) is 5.59. The van der Waals surface area contributed by atoms with Crippen molar-refractivity contribution in [2.45, 2.75) is 0 Å². The van der Waals surface area contributed by atoms with Gasteiger partial charge in [-0.1, -0.05) is 30.3 Å². The number of H-pyrrole nitrogens is 1. The average molecular weight is 259 g/mol. The van der Waals surface area contributed by atoms with Gasteiger partial charge in [-0.05, 0) is 0 Å². The number of hydrazine groups is 1. The molecule has 1 heterocycles. The van der Waals surface area contributed by atoms with Gasteiger partial charge < -0.3 is 5.73 Å². The molecule has 0 fully saturated rings. The van der Waals surface area contributed by atoms with Crippen LogP contribution in [0.4, 0.5) is 5.95 Å². The van der Waals surface area contributed by atoms with Crippen LogP contribution < -0.4 is 22.1 Å². The van der Waals surface area contributed by atoms with Crippen molar-refractivity contribution in [1.82, 2.24) is 15.4 Å². The third kappa shape index (κ3) is 3.65. The summed E-state index contributed by atoms with van der Waals surface area (Å²) in [6.07, 6.45) is 0. The fourth-order valence-electron chi connectivity index (χ4n) is 1.49. The smallest absolute Gasteiger partial charge is 0.252 e. The van der Waals surface area contributed by atoms with E-state index in [0.29, 0.717) is 5.69 Å². The molecule has 0 bridgehead atoms. The molecule has 2 rings (SSSR count). The number of hydrogen-bond donors (Lipinski definition) is 4. The van der Waals surface area contributed by atoms with E-state index in [2.05, 4.69) is 20.8 Å². The Labute approximate surface area is 108 Å². The summed E-state index contributed by atoms with van der Waals surface area (Å²) in [5, 5.41) is 0. The lowest BCUT2D eigenvalue weighted by atomic mass is 10.1. The molecule has 19 heavy (non-hydrogen) atoms. The van der Waals surface area contributed by atoms with Gasteiger partial charge in [0.2, 0.25) is 11.9 Å². The summed E-state index contributed by atoms with van der Waals surface area (Å²) in [6, 6.07) is 10.7. The Morgan fingerprint density at radius 1 is 1.32 bits per heavy atom. The number of rotatable bonds is 5. The number of hydrogen-bond acceptors (Lipinski definition) is 5. The maximum atomic E-state index is 11.5. The minimum absolute atomic E-state index is 0.0702. The van der Waals surface area contributed by atoms with Crippen molar-refractivity contribution in [3.05, 3.63) is 46.8 Å². The molecule has 0 aliphatic carbocycles. The first-order valence-electron chi connectivity index (χ1n) is 5.59. The standard InChI is InChI=1S/C12H13N5O2/c13-10(18)7-14-17-12-15-9(6-11(19)16-12)8-4-2-1-3-5-8/h1-6,14H,7H2,(H2,13,18)(H2,15,16,17,19). The Kier molecular flexibility index (Phi) is 3.89. The third-order valence-electron chi connectivity index (χ3n) is 2.28. The maximum absolute atomic E-state index is 11.5. The van der Waals surface area contributed by atoms with Crippen LogP contribution in [0.2, 0.25) is 0 Å². The van der Waals surface area contributed by atoms with Gasteiger partial charge in [-0.3, -0.25) is 20.0 Å². The summed E-state index contributed by atoms with van der Waals surface area (Å²) in [4.78, 5) is 28.8. The number of aromatic amines is 1. The molecular formula is C12H13N5O2. The van der Waals surface area contributed by atoms with Crippen LogP contribution in [0.1, 0.15) is 0 Å². The van der Waals surface area contributed by atoms with Crippen LogP contribution in [0.3, 0.4) is 0 Å². The lowest BCUT2D eigenvalue weighted by Crippen LogP contribution is -2.33. The van der Waals surface area contributed by atoms with E-state index in [4.69, 9.17) is 5.73 Å². The number of carbonyl (C=O) groups excluding carboxylic acids is 1. The van der Waals surface area contributed by atoms with Crippen molar-refractivity contribution in [3.8, 4) is 11.3 Å². The summed E-state index contributed by atoms with van der Waals surface area (Å²) in [5.74, 6) is -0.304. The molecule has 0 spiro atoms. The van der Waals surface area contributed by atoms with Gasteiger partial charge in [0.15, 0.2) is 0 Å². The zero-order valence-electron chi connectivity index (χ0n) is 10.0. The first-order chi connectivity index (χ1) is 9.15. The average Bonchev–Trinajstić information content (AvgIpc) is 2.39. The van der Waals surface area contributed by atoms with Gasteiger partial charge >= 0.3 is 0 Å². The van der Waals surface area contributed by atoms with Crippen LogP contribution in [0.15, 0.2) is 41.2 Å². The van der Waals surface area contributed by atoms with Crippen LogP contribution in [-0.2, 0) is 4.79 Å². The zero-order chi connectivity index (χ0) is 13.7. The molecule has 0 radical (unpaired) electrons. The van der Waals surface area contributed by atoms with Crippen LogP contribution in [0, 0.1) is 0 Å². The van der Waals surface area contributed by atoms with Crippen LogP contribution in [0.25, 0.3) is 11.3 Å². The monoisotopic (exact) mass is 259 g/mol. The van der Waals surface area contributed by atoms with Crippen molar-refractivity contribution < 1.29 is 4.79 Å². The minimum atomic E-state index is -0.519. The van der Waals surface area contributed by atoms with Crippen LogP contribution in [0.5, 0.6) is 0 Å². The van der Waals surface area contributed by atoms with Crippen molar-refractivity contribution in [2.24, 2.45) is 5.73 Å². The largest absolute Gasteiger partial charge is 0.369 e. The number of anilines is 1. The molecule has 1 aromatic carbocycles. The predicted octanol–water partition coefficient (Wildman–Crippen LogP) is -0.161. The highest BCUT2D eigenvalue weighted by Crippen LogP contribution is 2.14. The summed E-state index contributed by atoms with van der Waals surface area (Å²) in [7, 11) is 0. The lowest BCUT2D eigenvalue weighted by Gasteiger charge is -2.07. The summed E-state index contributed by atoms with van der Waals surface area (Å²) < 4.78 is 0. The molecule has 0 aliphatic heterocycles. The number of benzene rings is 1. The molecule has 7 heteroatoms. The number of carbonyl (C=O) groups is 1. The number of nitrogens with two attached hydrogens (primary N) is 1. The second-order valence-electron chi connectivity index (χ2n) is 3.79. The second-order valence-corrected chi connectivity index (χ2v) is 3.79. The van der Waals surface area contributed by atoms with Crippen LogP contribution >= 0.6 is 0 Å². The minimum Gasteiger partial charge on any atom is -0.369 e. The van der Waals surface area contributed by atoms with Crippen molar-refractivity contribution in [3.63, 3.8) is 0 Å². The molecule has 1 aromatic heterocycles. The third-order valence-corrected chi connectivity index (χ3v) is 2.28. The van der Waals surface area contributed by atoms with Gasteiger partial charge in [0.25, 0.3) is 5.56 Å². The molecule has 0 aliphatic rings. The number of nitrogens with one attached hydrogen (secondary N) is 3. The van der Waals surface area contributed by atoms with E-state index in [-0.39, 0.29) is 18.1 Å². The topological polar surface area (TPSA) is 113 Å². The Hall–Kier alpha value is -2.67. The highest BCUT2D eigenvalue weighted by atomic mass is 16.1. The molecule has 0 unspecified atom stereocenters. The molecule has 0 atom stereocenters. The van der Waals surface area contributed by atoms with Crippen LogP contribution in [-0.4, -0.2) is 22.4 Å². The fraction of sp³-hybridized carbons (Fsp3) is 0.0833. The number of primary amides is 1. The molecule has 5 N–H and O–H groups in total. The predicted molar refractivity (Wildman–Crippen MR) is 71.1 cm³/mol. The molecule has 98 valence electrons. The highest BCUT2D eigenvalue weighted by molar-refractivity contribution is 5.76. The molecule has 7 nitrogen and oxygen atoms in total. The number of aromatic nitrogens is 2. The maximum Gasteiger partial charge on any atom is 0.252 e. The first kappa shape index (κ1) is 12.8. The molecular weight excluding hydrogens is 246 g/mol. The van der Waals surface area contributed by atoms with E-state index < -0.39 is 5.91 Å². The van der Waals surface area contributed by atoms with Crippen molar-refractivity contribution in [2.75, 3.05) is 12.0 Å². The van der Waals surface area contributed by atoms with Gasteiger partial charge in [0.1, 0.15) is 0 Å². The van der Waals surface area contributed by atoms with Gasteiger partial charge in [-0.25, -0.2) is 10.4 Å². The Morgan fingerprint density at radius 2 is 2.05 bits per heavy atom. The Balaban J connectivity index is 2.20. The van der Waals surface area contributed by atoms with E-state index in [1.165, 1.54) is 6.07 Å². The SMILES string of the molecule is NC(=O)CNNc1nc(-c2ccccc2)cc(=O)[nH]1. The van der Waals surface area contributed by atoms with E-state index in [1.54, 1.807) is 0 Å². The Morgan fingerprint density at radius 3 is 2.74 bits per heavy atom. The van der Waals surface area contributed by atoms with Crippen molar-refractivity contribution in [1.29, 1.82) is 0 Å².